The number of nitrogens with one attached hydrogen (secondary N) is 3. The summed E-state index contributed by atoms with van der Waals surface area (Å²) < 4.78 is 0. The van der Waals surface area contributed by atoms with Crippen LogP contribution in [0.3, 0.4) is 0 Å². The van der Waals surface area contributed by atoms with Crippen molar-refractivity contribution in [3.63, 3.8) is 0 Å². The maximum absolute atomic E-state index is 12.7. The molecule has 2 aromatic rings. The number of nitrogens with zero attached hydrogens (tertiary/aromatic N) is 2. The van der Waals surface area contributed by atoms with E-state index in [0.29, 0.717) is 5.91 Å². The van der Waals surface area contributed by atoms with Crippen LogP contribution < -0.4 is 10.6 Å². The molecule has 1 atom stereocenters. The summed E-state index contributed by atoms with van der Waals surface area (Å²) in [6.45, 7) is 7.44. The van der Waals surface area contributed by atoms with E-state index in [1.807, 2.05) is 0 Å². The Morgan fingerprint density at radius 1 is 1.23 bits per heavy atom. The number of rotatable bonds is 6. The molecule has 6 heteroatoms. The summed E-state index contributed by atoms with van der Waals surface area (Å²) in [5, 5.41) is 8.22. The van der Waals surface area contributed by atoms with Crippen molar-refractivity contribution in [1.82, 2.24) is 20.5 Å². The van der Waals surface area contributed by atoms with E-state index in [9.17, 15) is 4.79 Å². The zero-order valence-corrected chi connectivity index (χ0v) is 18.3. The van der Waals surface area contributed by atoms with Crippen molar-refractivity contribution >= 4 is 22.8 Å². The van der Waals surface area contributed by atoms with Crippen LogP contribution in [0.1, 0.15) is 50.3 Å². The minimum Gasteiger partial charge on any atom is -0.358 e. The average molecular weight is 410 g/mol. The molecule has 0 radical (unpaired) electrons. The summed E-state index contributed by atoms with van der Waals surface area (Å²) in [6, 6.07) is 8.74. The number of guanidine groups is 1. The number of hydrogen-bond acceptors (Lipinski definition) is 2. The predicted molar refractivity (Wildman–Crippen MR) is 123 cm³/mol. The largest absolute Gasteiger partial charge is 0.358 e. The number of aryl methyl sites for hydroxylation is 1. The molecule has 0 bridgehead atoms. The number of benzene rings is 1. The van der Waals surface area contributed by atoms with Gasteiger partial charge in [0.05, 0.1) is 0 Å². The van der Waals surface area contributed by atoms with Gasteiger partial charge in [-0.15, -0.1) is 0 Å². The first-order chi connectivity index (χ1) is 14.7. The van der Waals surface area contributed by atoms with Crippen LogP contribution in [0.2, 0.25) is 0 Å². The highest BCUT2D eigenvalue weighted by molar-refractivity contribution is 5.85. The molecule has 3 N–H and O–H groups in total. The third-order valence-electron chi connectivity index (χ3n) is 6.55. The molecule has 1 aromatic carbocycles. The van der Waals surface area contributed by atoms with Crippen LogP contribution in [-0.4, -0.2) is 54.0 Å². The lowest BCUT2D eigenvalue weighted by Crippen LogP contribution is -2.45. The molecule has 2 heterocycles. The first-order valence-corrected chi connectivity index (χ1v) is 11.6. The van der Waals surface area contributed by atoms with Crippen LogP contribution >= 0.6 is 0 Å². The second-order valence-corrected chi connectivity index (χ2v) is 8.68. The molecule has 1 aromatic heterocycles. The van der Waals surface area contributed by atoms with E-state index < -0.39 is 0 Å². The fraction of sp³-hybridized carbons (Fsp3) is 0.583. The quantitative estimate of drug-likeness (QED) is 0.506. The highest BCUT2D eigenvalue weighted by atomic mass is 16.2. The lowest BCUT2D eigenvalue weighted by atomic mass is 10.1. The van der Waals surface area contributed by atoms with Crippen molar-refractivity contribution in [3.8, 4) is 0 Å². The van der Waals surface area contributed by atoms with E-state index in [0.717, 1.165) is 57.8 Å². The molecule has 162 valence electrons. The van der Waals surface area contributed by atoms with Crippen LogP contribution in [-0.2, 0) is 11.2 Å². The highest BCUT2D eigenvalue weighted by Crippen LogP contribution is 2.28. The molecule has 1 saturated carbocycles. The Morgan fingerprint density at radius 2 is 2.03 bits per heavy atom. The summed E-state index contributed by atoms with van der Waals surface area (Å²) in [7, 11) is 0. The first kappa shape index (κ1) is 20.8. The van der Waals surface area contributed by atoms with Crippen molar-refractivity contribution in [2.24, 2.45) is 10.9 Å². The first-order valence-electron chi connectivity index (χ1n) is 11.6. The van der Waals surface area contributed by atoms with Gasteiger partial charge in [-0.1, -0.05) is 31.0 Å². The van der Waals surface area contributed by atoms with E-state index in [-0.39, 0.29) is 12.0 Å². The predicted octanol–water partition coefficient (Wildman–Crippen LogP) is 3.37. The van der Waals surface area contributed by atoms with Crippen molar-refractivity contribution in [2.45, 2.75) is 58.4 Å². The minimum atomic E-state index is 0.269. The Morgan fingerprint density at radius 3 is 2.83 bits per heavy atom. The number of aromatic nitrogens is 1. The van der Waals surface area contributed by atoms with Gasteiger partial charge in [-0.3, -0.25) is 9.79 Å². The summed E-state index contributed by atoms with van der Waals surface area (Å²) >= 11 is 0. The Kier molecular flexibility index (Phi) is 6.60. The maximum Gasteiger partial charge on any atom is 0.225 e. The number of carbonyl (C=O) groups is 1. The number of H-pyrrole nitrogens is 1. The van der Waals surface area contributed by atoms with Crippen LogP contribution in [0.15, 0.2) is 29.3 Å². The fourth-order valence-electron chi connectivity index (χ4n) is 4.96. The monoisotopic (exact) mass is 409 g/mol. The second-order valence-electron chi connectivity index (χ2n) is 8.68. The molecule has 1 aliphatic heterocycles. The number of aliphatic imine (C=N–C) groups is 1. The van der Waals surface area contributed by atoms with E-state index >= 15 is 0 Å². The van der Waals surface area contributed by atoms with Crippen molar-refractivity contribution in [3.05, 3.63) is 35.5 Å². The van der Waals surface area contributed by atoms with Gasteiger partial charge < -0.3 is 20.5 Å². The minimum absolute atomic E-state index is 0.269. The molecule has 30 heavy (non-hydrogen) atoms. The number of fused-ring (bicyclic) bond motifs is 1. The van der Waals surface area contributed by atoms with Gasteiger partial charge in [-0.05, 0) is 51.2 Å². The lowest BCUT2D eigenvalue weighted by Gasteiger charge is -2.21. The zero-order valence-electron chi connectivity index (χ0n) is 18.3. The van der Waals surface area contributed by atoms with Gasteiger partial charge in [0.15, 0.2) is 5.96 Å². The van der Waals surface area contributed by atoms with E-state index in [1.54, 1.807) is 0 Å². The summed E-state index contributed by atoms with van der Waals surface area (Å²) in [5.74, 6) is 1.49. The average Bonchev–Trinajstić information content (AvgIpc) is 3.48. The van der Waals surface area contributed by atoms with Crippen molar-refractivity contribution < 1.29 is 4.79 Å². The standard InChI is InChI=1S/C24H35N5O/c1-3-25-24(26-14-12-20-17(2)27-22-11-7-6-10-21(20)22)28-19-13-15-29(16-19)23(30)18-8-4-5-9-18/h6-7,10-11,18-19,27H,3-5,8-9,12-16H2,1-2H3,(H2,25,26,28). The van der Waals surface area contributed by atoms with Gasteiger partial charge in [0.1, 0.15) is 0 Å². The number of amides is 1. The maximum atomic E-state index is 12.7. The van der Waals surface area contributed by atoms with E-state index in [2.05, 4.69) is 58.6 Å². The second kappa shape index (κ2) is 9.54. The van der Waals surface area contributed by atoms with Crippen molar-refractivity contribution in [2.75, 3.05) is 26.2 Å². The smallest absolute Gasteiger partial charge is 0.225 e. The summed E-state index contributed by atoms with van der Waals surface area (Å²) in [4.78, 5) is 23.1. The van der Waals surface area contributed by atoms with Gasteiger partial charge >= 0.3 is 0 Å². The van der Waals surface area contributed by atoms with Gasteiger partial charge in [0, 0.05) is 54.7 Å². The van der Waals surface area contributed by atoms with Crippen LogP contribution in [0.5, 0.6) is 0 Å². The van der Waals surface area contributed by atoms with Gasteiger partial charge in [0.25, 0.3) is 0 Å². The molecule has 2 aliphatic rings. The van der Waals surface area contributed by atoms with E-state index in [1.165, 1.54) is 35.0 Å². The van der Waals surface area contributed by atoms with Crippen LogP contribution in [0.25, 0.3) is 10.9 Å². The molecular weight excluding hydrogens is 374 g/mol. The SMILES string of the molecule is CCNC(=NCCc1c(C)[nH]c2ccccc12)NC1CCN(C(=O)C2CCCC2)C1. The van der Waals surface area contributed by atoms with Crippen LogP contribution in [0.4, 0.5) is 0 Å². The molecule has 1 unspecified atom stereocenters. The molecule has 4 rings (SSSR count). The zero-order chi connectivity index (χ0) is 20.9. The number of likely N-dealkylation sites (tertiary alicyclic amines) is 1. The normalized spacial score (nSPS) is 20.3. The fourth-order valence-corrected chi connectivity index (χ4v) is 4.96. The molecule has 0 spiro atoms. The Bertz CT molecular complexity index is 896. The van der Waals surface area contributed by atoms with Crippen LogP contribution in [0, 0.1) is 12.8 Å². The molecule has 1 saturated heterocycles. The topological polar surface area (TPSA) is 72.5 Å². The Balaban J connectivity index is 1.34. The number of hydrogen-bond donors (Lipinski definition) is 3. The molecule has 2 fully saturated rings. The number of aromatic amines is 1. The number of para-hydroxylation sites is 1. The van der Waals surface area contributed by atoms with Gasteiger partial charge in [0.2, 0.25) is 5.91 Å². The molecule has 1 aliphatic carbocycles. The lowest BCUT2D eigenvalue weighted by molar-refractivity contribution is -0.134. The molecule has 6 nitrogen and oxygen atoms in total. The summed E-state index contributed by atoms with van der Waals surface area (Å²) in [6.07, 6.45) is 6.46. The van der Waals surface area contributed by atoms with E-state index in [4.69, 9.17) is 4.99 Å². The van der Waals surface area contributed by atoms with Gasteiger partial charge in [-0.2, -0.15) is 0 Å². The number of carbonyl (C=O) groups excluding carboxylic acids is 1. The molecular formula is C24H35N5O. The third-order valence-corrected chi connectivity index (χ3v) is 6.55. The van der Waals surface area contributed by atoms with Gasteiger partial charge in [-0.25, -0.2) is 0 Å². The summed E-state index contributed by atoms with van der Waals surface area (Å²) in [5.41, 5.74) is 3.76. The Hall–Kier alpha value is -2.50. The van der Waals surface area contributed by atoms with Crippen molar-refractivity contribution in [1.29, 1.82) is 0 Å². The highest BCUT2D eigenvalue weighted by Gasteiger charge is 2.32. The Labute approximate surface area is 179 Å². The molecule has 1 amide bonds. The third kappa shape index (κ3) is 4.63.